The van der Waals surface area contributed by atoms with E-state index >= 15 is 0 Å². The Labute approximate surface area is 124 Å². The summed E-state index contributed by atoms with van der Waals surface area (Å²) in [6.07, 6.45) is 1.22. The molecule has 1 aromatic heterocycles. The van der Waals surface area contributed by atoms with Crippen molar-refractivity contribution in [1.82, 2.24) is 9.88 Å². The number of amides is 1. The molecule has 22 heavy (non-hydrogen) atoms. The van der Waals surface area contributed by atoms with Gasteiger partial charge in [-0.25, -0.2) is 8.78 Å². The second-order valence-corrected chi connectivity index (χ2v) is 4.82. The van der Waals surface area contributed by atoms with Crippen LogP contribution in [0.3, 0.4) is 0 Å². The van der Waals surface area contributed by atoms with Crippen molar-refractivity contribution in [3.8, 4) is 0 Å². The third-order valence-corrected chi connectivity index (χ3v) is 3.23. The van der Waals surface area contributed by atoms with Crippen LogP contribution in [0.1, 0.15) is 29.0 Å². The van der Waals surface area contributed by atoms with Crippen molar-refractivity contribution in [2.45, 2.75) is 13.0 Å². The van der Waals surface area contributed by atoms with Crippen LogP contribution in [0.15, 0.2) is 30.5 Å². The minimum atomic E-state index is -1.01. The van der Waals surface area contributed by atoms with Gasteiger partial charge in [0.1, 0.15) is 5.69 Å². The first-order chi connectivity index (χ1) is 10.3. The van der Waals surface area contributed by atoms with E-state index < -0.39 is 28.5 Å². The van der Waals surface area contributed by atoms with Crippen LogP contribution in [0.25, 0.3) is 0 Å². The van der Waals surface area contributed by atoms with Gasteiger partial charge in [0, 0.05) is 13.1 Å². The van der Waals surface area contributed by atoms with E-state index in [1.54, 1.807) is 6.92 Å². The average Bonchev–Trinajstić information content (AvgIpc) is 2.84. The lowest BCUT2D eigenvalue weighted by atomic mass is 10.1. The molecule has 116 valence electrons. The molecule has 1 aromatic carbocycles. The molecular formula is C14H13F2N3O3. The minimum absolute atomic E-state index is 0.0983. The monoisotopic (exact) mass is 309 g/mol. The van der Waals surface area contributed by atoms with E-state index in [-0.39, 0.29) is 11.4 Å². The van der Waals surface area contributed by atoms with Gasteiger partial charge in [-0.2, -0.15) is 0 Å². The van der Waals surface area contributed by atoms with Crippen molar-refractivity contribution < 1.29 is 18.5 Å². The van der Waals surface area contributed by atoms with Crippen molar-refractivity contribution in [2.75, 3.05) is 0 Å². The van der Waals surface area contributed by atoms with Gasteiger partial charge in [0.2, 0.25) is 0 Å². The predicted octanol–water partition coefficient (Wildman–Crippen LogP) is 2.70. The molecule has 2 rings (SSSR count). The molecule has 0 aliphatic carbocycles. The first kappa shape index (κ1) is 15.6. The largest absolute Gasteiger partial charge is 0.344 e. The Morgan fingerprint density at radius 3 is 2.55 bits per heavy atom. The Balaban J connectivity index is 2.17. The Bertz CT molecular complexity index is 743. The summed E-state index contributed by atoms with van der Waals surface area (Å²) in [5, 5.41) is 13.3. The number of halogens is 2. The van der Waals surface area contributed by atoms with Crippen molar-refractivity contribution in [2.24, 2.45) is 7.05 Å². The molecule has 1 amide bonds. The van der Waals surface area contributed by atoms with Gasteiger partial charge in [-0.3, -0.25) is 14.9 Å². The van der Waals surface area contributed by atoms with E-state index in [1.807, 2.05) is 0 Å². The van der Waals surface area contributed by atoms with Crippen LogP contribution in [-0.2, 0) is 7.05 Å². The number of carbonyl (C=O) groups excluding carboxylic acids is 1. The molecule has 2 aromatic rings. The molecule has 8 heteroatoms. The van der Waals surface area contributed by atoms with Crippen LogP contribution in [-0.4, -0.2) is 15.4 Å². The first-order valence-electron chi connectivity index (χ1n) is 6.36. The molecule has 0 fully saturated rings. The highest BCUT2D eigenvalue weighted by Gasteiger charge is 2.19. The number of nitro groups is 1. The maximum Gasteiger partial charge on any atom is 0.287 e. The summed E-state index contributed by atoms with van der Waals surface area (Å²) in [6.45, 7) is 1.60. The number of hydrogen-bond acceptors (Lipinski definition) is 3. The summed E-state index contributed by atoms with van der Waals surface area (Å²) in [6, 6.07) is 3.88. The lowest BCUT2D eigenvalue weighted by molar-refractivity contribution is -0.384. The molecule has 0 saturated carbocycles. The number of benzene rings is 1. The normalized spacial score (nSPS) is 12.0. The lowest BCUT2D eigenvalue weighted by Crippen LogP contribution is -2.28. The van der Waals surface area contributed by atoms with Crippen molar-refractivity contribution in [3.63, 3.8) is 0 Å². The second-order valence-electron chi connectivity index (χ2n) is 4.82. The van der Waals surface area contributed by atoms with E-state index in [2.05, 4.69) is 5.32 Å². The number of rotatable bonds is 4. The van der Waals surface area contributed by atoms with Crippen molar-refractivity contribution in [1.29, 1.82) is 0 Å². The molecule has 0 saturated heterocycles. The molecule has 0 radical (unpaired) electrons. The maximum absolute atomic E-state index is 13.2. The van der Waals surface area contributed by atoms with Crippen molar-refractivity contribution >= 4 is 11.6 Å². The zero-order chi connectivity index (χ0) is 16.4. The molecule has 0 aliphatic rings. The van der Waals surface area contributed by atoms with E-state index in [9.17, 15) is 23.7 Å². The summed E-state index contributed by atoms with van der Waals surface area (Å²) in [4.78, 5) is 22.2. The quantitative estimate of drug-likeness (QED) is 0.697. The standard InChI is InChI=1S/C14H13F2N3O3/c1-8(9-3-4-11(15)12(16)5-9)17-14(20)13-6-10(19(21)22)7-18(13)2/h3-8H,1-2H3,(H,17,20). The fraction of sp³-hybridized carbons (Fsp3) is 0.214. The SMILES string of the molecule is CC(NC(=O)c1cc([N+](=O)[O-])cn1C)c1ccc(F)c(F)c1. The molecule has 1 heterocycles. The Morgan fingerprint density at radius 1 is 1.32 bits per heavy atom. The van der Waals surface area contributed by atoms with Gasteiger partial charge < -0.3 is 9.88 Å². The summed E-state index contributed by atoms with van der Waals surface area (Å²) in [5.41, 5.74) is 0.283. The number of nitrogens with one attached hydrogen (secondary N) is 1. The smallest absolute Gasteiger partial charge is 0.287 e. The third-order valence-electron chi connectivity index (χ3n) is 3.23. The number of carbonyl (C=O) groups is 1. The topological polar surface area (TPSA) is 77.2 Å². The molecular weight excluding hydrogens is 296 g/mol. The van der Waals surface area contributed by atoms with Gasteiger partial charge in [-0.1, -0.05) is 6.07 Å². The zero-order valence-electron chi connectivity index (χ0n) is 11.8. The van der Waals surface area contributed by atoms with Crippen LogP contribution >= 0.6 is 0 Å². The molecule has 1 atom stereocenters. The summed E-state index contributed by atoms with van der Waals surface area (Å²) in [7, 11) is 1.50. The number of aromatic nitrogens is 1. The number of aryl methyl sites for hydroxylation is 1. The van der Waals surface area contributed by atoms with Crippen molar-refractivity contribution in [3.05, 3.63) is 63.5 Å². The van der Waals surface area contributed by atoms with Crippen LogP contribution < -0.4 is 5.32 Å². The summed E-state index contributed by atoms with van der Waals surface area (Å²) in [5.74, 6) is -2.53. The van der Waals surface area contributed by atoms with Gasteiger partial charge in [0.05, 0.1) is 17.2 Å². The van der Waals surface area contributed by atoms with Gasteiger partial charge in [-0.05, 0) is 24.6 Å². The second kappa shape index (κ2) is 5.92. The Hall–Kier alpha value is -2.77. The summed E-state index contributed by atoms with van der Waals surface area (Å²) < 4.78 is 27.4. The first-order valence-corrected chi connectivity index (χ1v) is 6.36. The van der Waals surface area contributed by atoms with Gasteiger partial charge in [0.25, 0.3) is 11.6 Å². The van der Waals surface area contributed by atoms with Crippen LogP contribution in [0.5, 0.6) is 0 Å². The lowest BCUT2D eigenvalue weighted by Gasteiger charge is -2.14. The molecule has 6 nitrogen and oxygen atoms in total. The molecule has 0 spiro atoms. The third kappa shape index (κ3) is 3.11. The minimum Gasteiger partial charge on any atom is -0.344 e. The fourth-order valence-corrected chi connectivity index (χ4v) is 2.01. The molecule has 0 aliphatic heterocycles. The molecule has 1 unspecified atom stereocenters. The van der Waals surface area contributed by atoms with Gasteiger partial charge in [0.15, 0.2) is 11.6 Å². The zero-order valence-corrected chi connectivity index (χ0v) is 11.8. The summed E-state index contributed by atoms with van der Waals surface area (Å²) >= 11 is 0. The van der Waals surface area contributed by atoms with Crippen LogP contribution in [0.2, 0.25) is 0 Å². The van der Waals surface area contributed by atoms with E-state index in [0.717, 1.165) is 18.2 Å². The van der Waals surface area contributed by atoms with Crippen LogP contribution in [0, 0.1) is 21.7 Å². The highest BCUT2D eigenvalue weighted by molar-refractivity contribution is 5.93. The van der Waals surface area contributed by atoms with Gasteiger partial charge >= 0.3 is 0 Å². The predicted molar refractivity (Wildman–Crippen MR) is 74.3 cm³/mol. The number of nitrogens with zero attached hydrogens (tertiary/aromatic N) is 2. The molecule has 1 N–H and O–H groups in total. The van der Waals surface area contributed by atoms with E-state index in [4.69, 9.17) is 0 Å². The van der Waals surface area contributed by atoms with Gasteiger partial charge in [-0.15, -0.1) is 0 Å². The highest BCUT2D eigenvalue weighted by atomic mass is 19.2. The van der Waals surface area contributed by atoms with E-state index in [0.29, 0.717) is 5.56 Å². The van der Waals surface area contributed by atoms with E-state index in [1.165, 1.54) is 23.9 Å². The Morgan fingerprint density at radius 2 is 2.00 bits per heavy atom. The van der Waals surface area contributed by atoms with Crippen LogP contribution in [0.4, 0.5) is 14.5 Å². The number of hydrogen-bond donors (Lipinski definition) is 1. The highest BCUT2D eigenvalue weighted by Crippen LogP contribution is 2.19. The molecule has 0 bridgehead atoms. The Kier molecular flexibility index (Phi) is 4.20. The maximum atomic E-state index is 13.2. The average molecular weight is 309 g/mol. The fourth-order valence-electron chi connectivity index (χ4n) is 2.01.